The van der Waals surface area contributed by atoms with Gasteiger partial charge in [-0.2, -0.15) is 0 Å². The fourth-order valence-electron chi connectivity index (χ4n) is 2.32. The van der Waals surface area contributed by atoms with E-state index in [0.717, 1.165) is 12.8 Å². The maximum absolute atomic E-state index is 9.80. The molecule has 1 aromatic rings. The first kappa shape index (κ1) is 9.72. The molecule has 76 valence electrons. The maximum Gasteiger partial charge on any atom is 0.0608 e. The van der Waals surface area contributed by atoms with E-state index < -0.39 is 0 Å². The van der Waals surface area contributed by atoms with Crippen LogP contribution in [-0.4, -0.2) is 11.2 Å². The average molecular weight is 190 g/mol. The second kappa shape index (κ2) is 3.74. The van der Waals surface area contributed by atoms with Gasteiger partial charge in [0.05, 0.1) is 6.10 Å². The molecule has 1 N–H and O–H groups in total. The molecular formula is C13H18O. The lowest BCUT2D eigenvalue weighted by molar-refractivity contribution is 0.164. The molecule has 0 spiro atoms. The van der Waals surface area contributed by atoms with E-state index in [1.54, 1.807) is 0 Å². The standard InChI is InChI=1S/C13H18O/c1-9-6-7-11(8-10(9)2)12-4-3-5-13(12)14/h6-8,12-14H,3-5H2,1-2H3/t12-,13-/m1/s1. The second-order valence-corrected chi connectivity index (χ2v) is 4.45. The van der Waals surface area contributed by atoms with Gasteiger partial charge in [-0.25, -0.2) is 0 Å². The van der Waals surface area contributed by atoms with E-state index in [-0.39, 0.29) is 6.10 Å². The summed E-state index contributed by atoms with van der Waals surface area (Å²) in [7, 11) is 0. The van der Waals surface area contributed by atoms with Crippen LogP contribution in [0.3, 0.4) is 0 Å². The van der Waals surface area contributed by atoms with Crippen LogP contribution in [0.1, 0.15) is 41.9 Å². The van der Waals surface area contributed by atoms with E-state index in [9.17, 15) is 5.11 Å². The van der Waals surface area contributed by atoms with Crippen molar-refractivity contribution in [1.29, 1.82) is 0 Å². The van der Waals surface area contributed by atoms with E-state index >= 15 is 0 Å². The number of aliphatic hydroxyl groups is 1. The zero-order chi connectivity index (χ0) is 10.1. The van der Waals surface area contributed by atoms with Crippen molar-refractivity contribution in [2.24, 2.45) is 0 Å². The van der Waals surface area contributed by atoms with Crippen molar-refractivity contribution < 1.29 is 5.11 Å². The highest BCUT2D eigenvalue weighted by Gasteiger charge is 2.26. The summed E-state index contributed by atoms with van der Waals surface area (Å²) in [6.45, 7) is 4.27. The number of benzene rings is 1. The van der Waals surface area contributed by atoms with Gasteiger partial charge in [0.2, 0.25) is 0 Å². The van der Waals surface area contributed by atoms with Gasteiger partial charge in [-0.05, 0) is 43.4 Å². The molecule has 0 unspecified atom stereocenters. The van der Waals surface area contributed by atoms with Crippen molar-refractivity contribution in [2.75, 3.05) is 0 Å². The Kier molecular flexibility index (Phi) is 2.60. The predicted octanol–water partition coefficient (Wildman–Crippen LogP) is 2.93. The van der Waals surface area contributed by atoms with Crippen molar-refractivity contribution in [1.82, 2.24) is 0 Å². The predicted molar refractivity (Wildman–Crippen MR) is 58.5 cm³/mol. The molecule has 1 heteroatoms. The van der Waals surface area contributed by atoms with Gasteiger partial charge in [-0.15, -0.1) is 0 Å². The van der Waals surface area contributed by atoms with Gasteiger partial charge in [0, 0.05) is 5.92 Å². The van der Waals surface area contributed by atoms with Gasteiger partial charge in [-0.1, -0.05) is 24.6 Å². The Morgan fingerprint density at radius 2 is 1.93 bits per heavy atom. The third-order valence-corrected chi connectivity index (χ3v) is 3.44. The first-order chi connectivity index (χ1) is 6.68. The summed E-state index contributed by atoms with van der Waals surface area (Å²) < 4.78 is 0. The number of aliphatic hydroxyl groups excluding tert-OH is 1. The van der Waals surface area contributed by atoms with Crippen LogP contribution in [0.5, 0.6) is 0 Å². The van der Waals surface area contributed by atoms with E-state index in [0.29, 0.717) is 5.92 Å². The Morgan fingerprint density at radius 1 is 1.14 bits per heavy atom. The average Bonchev–Trinajstić information content (AvgIpc) is 2.57. The molecule has 1 saturated carbocycles. The molecule has 1 aliphatic rings. The lowest BCUT2D eigenvalue weighted by Gasteiger charge is -2.15. The van der Waals surface area contributed by atoms with Crippen molar-refractivity contribution in [3.05, 3.63) is 34.9 Å². The molecule has 0 bridgehead atoms. The van der Waals surface area contributed by atoms with Crippen molar-refractivity contribution in [3.63, 3.8) is 0 Å². The molecule has 0 aliphatic heterocycles. The van der Waals surface area contributed by atoms with Gasteiger partial charge >= 0.3 is 0 Å². The van der Waals surface area contributed by atoms with E-state index in [2.05, 4.69) is 32.0 Å². The number of hydrogen-bond donors (Lipinski definition) is 1. The normalized spacial score (nSPS) is 26.8. The van der Waals surface area contributed by atoms with Gasteiger partial charge < -0.3 is 5.11 Å². The summed E-state index contributed by atoms with van der Waals surface area (Å²) in [6, 6.07) is 6.56. The third-order valence-electron chi connectivity index (χ3n) is 3.44. The van der Waals surface area contributed by atoms with Gasteiger partial charge in [0.25, 0.3) is 0 Å². The Hall–Kier alpha value is -0.820. The van der Waals surface area contributed by atoms with Crippen LogP contribution < -0.4 is 0 Å². The Balaban J connectivity index is 2.28. The zero-order valence-corrected chi connectivity index (χ0v) is 8.96. The fourth-order valence-corrected chi connectivity index (χ4v) is 2.32. The highest BCUT2D eigenvalue weighted by molar-refractivity contribution is 5.32. The number of hydrogen-bond acceptors (Lipinski definition) is 1. The summed E-state index contributed by atoms with van der Waals surface area (Å²) >= 11 is 0. The summed E-state index contributed by atoms with van der Waals surface area (Å²) in [4.78, 5) is 0. The maximum atomic E-state index is 9.80. The highest BCUT2D eigenvalue weighted by atomic mass is 16.3. The molecule has 1 nitrogen and oxygen atoms in total. The van der Waals surface area contributed by atoms with Crippen LogP contribution >= 0.6 is 0 Å². The molecule has 14 heavy (non-hydrogen) atoms. The first-order valence-electron chi connectivity index (χ1n) is 5.43. The van der Waals surface area contributed by atoms with Gasteiger partial charge in [0.15, 0.2) is 0 Å². The molecule has 2 atom stereocenters. The van der Waals surface area contributed by atoms with Crippen LogP contribution in [0.25, 0.3) is 0 Å². The summed E-state index contributed by atoms with van der Waals surface area (Å²) in [5, 5.41) is 9.80. The minimum atomic E-state index is -0.114. The molecule has 0 saturated heterocycles. The monoisotopic (exact) mass is 190 g/mol. The van der Waals surface area contributed by atoms with E-state index in [1.165, 1.54) is 23.1 Å². The minimum Gasteiger partial charge on any atom is -0.392 e. The van der Waals surface area contributed by atoms with Gasteiger partial charge in [-0.3, -0.25) is 0 Å². The molecule has 0 aromatic heterocycles. The molecule has 0 radical (unpaired) electrons. The molecular weight excluding hydrogens is 172 g/mol. The van der Waals surface area contributed by atoms with E-state index in [4.69, 9.17) is 0 Å². The van der Waals surface area contributed by atoms with Crippen molar-refractivity contribution >= 4 is 0 Å². The van der Waals surface area contributed by atoms with Gasteiger partial charge in [0.1, 0.15) is 0 Å². The molecule has 1 aliphatic carbocycles. The van der Waals surface area contributed by atoms with Crippen LogP contribution in [-0.2, 0) is 0 Å². The van der Waals surface area contributed by atoms with Crippen LogP contribution in [0.15, 0.2) is 18.2 Å². The SMILES string of the molecule is Cc1ccc([C@H]2CCC[C@H]2O)cc1C. The Bertz CT molecular complexity index is 330. The van der Waals surface area contributed by atoms with Crippen molar-refractivity contribution in [3.8, 4) is 0 Å². The Morgan fingerprint density at radius 3 is 2.50 bits per heavy atom. The molecule has 0 amide bonds. The third kappa shape index (κ3) is 1.69. The molecule has 2 rings (SSSR count). The fraction of sp³-hybridized carbons (Fsp3) is 0.538. The van der Waals surface area contributed by atoms with E-state index in [1.807, 2.05) is 0 Å². The molecule has 1 aromatic carbocycles. The minimum absolute atomic E-state index is 0.114. The zero-order valence-electron chi connectivity index (χ0n) is 8.96. The topological polar surface area (TPSA) is 20.2 Å². The summed E-state index contributed by atoms with van der Waals surface area (Å²) in [5.74, 6) is 0.384. The summed E-state index contributed by atoms with van der Waals surface area (Å²) in [5.41, 5.74) is 3.99. The molecule has 1 fully saturated rings. The number of rotatable bonds is 1. The Labute approximate surface area is 85.8 Å². The number of aryl methyl sites for hydroxylation is 2. The van der Waals surface area contributed by atoms with Crippen LogP contribution in [0.2, 0.25) is 0 Å². The highest BCUT2D eigenvalue weighted by Crippen LogP contribution is 2.35. The smallest absolute Gasteiger partial charge is 0.0608 e. The molecule has 0 heterocycles. The summed E-state index contributed by atoms with van der Waals surface area (Å²) in [6.07, 6.45) is 3.16. The van der Waals surface area contributed by atoms with Crippen molar-refractivity contribution in [2.45, 2.75) is 45.1 Å². The quantitative estimate of drug-likeness (QED) is 0.722. The lowest BCUT2D eigenvalue weighted by Crippen LogP contribution is -2.11. The second-order valence-electron chi connectivity index (χ2n) is 4.45. The van der Waals surface area contributed by atoms with Crippen LogP contribution in [0.4, 0.5) is 0 Å². The van der Waals surface area contributed by atoms with Crippen LogP contribution in [0, 0.1) is 13.8 Å². The first-order valence-corrected chi connectivity index (χ1v) is 5.43. The lowest BCUT2D eigenvalue weighted by atomic mass is 9.93. The largest absolute Gasteiger partial charge is 0.392 e.